The molecule has 0 unspecified atom stereocenters. The first-order chi connectivity index (χ1) is 15.0. The number of carbonyl (C=O) groups excluding carboxylic acids is 2. The maximum atomic E-state index is 12.8. The molecule has 0 aliphatic carbocycles. The van der Waals surface area contributed by atoms with E-state index in [1.54, 1.807) is 9.58 Å². The molecule has 0 saturated carbocycles. The molecule has 0 radical (unpaired) electrons. The Labute approximate surface area is 195 Å². The Morgan fingerprint density at radius 1 is 1.16 bits per heavy atom. The molecule has 1 aromatic heterocycles. The van der Waals surface area contributed by atoms with Crippen LogP contribution in [0.4, 0.5) is 5.69 Å². The monoisotopic (exact) mass is 472 g/mol. The summed E-state index contributed by atoms with van der Waals surface area (Å²) in [6.45, 7) is 4.47. The number of nitrogens with one attached hydrogen (secondary N) is 1. The lowest BCUT2D eigenvalue weighted by Crippen LogP contribution is -2.39. The molecule has 0 spiro atoms. The van der Waals surface area contributed by atoms with Crippen LogP contribution in [-0.2, 0) is 9.59 Å². The van der Waals surface area contributed by atoms with E-state index in [9.17, 15) is 9.59 Å². The normalized spacial score (nSPS) is 10.6. The predicted octanol–water partition coefficient (Wildman–Crippen LogP) is 4.94. The summed E-state index contributed by atoms with van der Waals surface area (Å²) in [5.74, 6) is -0.0985. The van der Waals surface area contributed by atoms with Gasteiger partial charge in [0.2, 0.25) is 11.8 Å². The van der Waals surface area contributed by atoms with Gasteiger partial charge in [-0.25, -0.2) is 4.68 Å². The summed E-state index contributed by atoms with van der Waals surface area (Å²) in [5.41, 5.74) is 2.63. The van der Waals surface area contributed by atoms with Gasteiger partial charge in [-0.1, -0.05) is 66.4 Å². The maximum Gasteiger partial charge on any atom is 0.244 e. The third-order valence-electron chi connectivity index (χ3n) is 4.45. The molecule has 1 N–H and O–H groups in total. The molecule has 1 heterocycles. The van der Waals surface area contributed by atoms with Gasteiger partial charge in [-0.15, -0.1) is 5.10 Å². The van der Waals surface area contributed by atoms with Crippen LogP contribution in [0.25, 0.3) is 5.69 Å². The van der Waals surface area contributed by atoms with Crippen molar-refractivity contribution < 1.29 is 9.59 Å². The van der Waals surface area contributed by atoms with E-state index in [0.717, 1.165) is 27.7 Å². The highest BCUT2D eigenvalue weighted by atomic mass is 32.2. The van der Waals surface area contributed by atoms with Crippen molar-refractivity contribution in [1.82, 2.24) is 14.7 Å². The molecule has 6 nitrogen and oxygen atoms in total. The number of amides is 2. The van der Waals surface area contributed by atoms with Crippen LogP contribution in [-0.4, -0.2) is 45.3 Å². The second kappa shape index (κ2) is 11.2. The smallest absolute Gasteiger partial charge is 0.244 e. The summed E-state index contributed by atoms with van der Waals surface area (Å²) in [6.07, 6.45) is 0.773. The lowest BCUT2D eigenvalue weighted by molar-refractivity contribution is -0.132. The number of rotatable bonds is 9. The first-order valence-electron chi connectivity index (χ1n) is 9.89. The molecule has 2 amide bonds. The topological polar surface area (TPSA) is 67.2 Å². The second-order valence-corrected chi connectivity index (χ2v) is 9.69. The molecule has 162 valence electrons. The van der Waals surface area contributed by atoms with Crippen molar-refractivity contribution in [1.29, 1.82) is 0 Å². The van der Waals surface area contributed by atoms with E-state index in [1.807, 2.05) is 68.4 Å². The minimum Gasteiger partial charge on any atom is -0.333 e. The van der Waals surface area contributed by atoms with Crippen LogP contribution in [0.15, 0.2) is 58.9 Å². The van der Waals surface area contributed by atoms with Gasteiger partial charge in [0.15, 0.2) is 8.29 Å². The third-order valence-corrected chi connectivity index (χ3v) is 6.80. The van der Waals surface area contributed by atoms with Crippen LogP contribution in [0.5, 0.6) is 0 Å². The van der Waals surface area contributed by atoms with Gasteiger partial charge in [-0.2, -0.15) is 0 Å². The number of thioether (sulfide) groups is 1. The zero-order valence-corrected chi connectivity index (χ0v) is 19.9. The van der Waals surface area contributed by atoms with Crippen LogP contribution >= 0.6 is 35.3 Å². The van der Waals surface area contributed by atoms with E-state index in [1.165, 1.54) is 23.1 Å². The number of carbonyl (C=O) groups is 2. The fraction of sp³-hybridized carbons (Fsp3) is 0.273. The van der Waals surface area contributed by atoms with Crippen molar-refractivity contribution in [3.63, 3.8) is 0 Å². The molecule has 31 heavy (non-hydrogen) atoms. The molecule has 0 saturated heterocycles. The van der Waals surface area contributed by atoms with E-state index >= 15 is 0 Å². The number of para-hydroxylation sites is 2. The van der Waals surface area contributed by atoms with Gasteiger partial charge < -0.3 is 10.2 Å². The Morgan fingerprint density at radius 2 is 1.87 bits per heavy atom. The Bertz CT molecular complexity index is 1100. The third kappa shape index (κ3) is 6.49. The van der Waals surface area contributed by atoms with E-state index < -0.39 is 0 Å². The van der Waals surface area contributed by atoms with Gasteiger partial charge in [0.05, 0.1) is 18.0 Å². The highest BCUT2D eigenvalue weighted by molar-refractivity contribution is 8.01. The number of benzene rings is 2. The van der Waals surface area contributed by atoms with E-state index in [4.69, 9.17) is 12.2 Å². The number of anilines is 1. The Hall–Kier alpha value is -2.49. The minimum absolute atomic E-state index is 0.0236. The first kappa shape index (κ1) is 23.2. The molecule has 3 rings (SSSR count). The van der Waals surface area contributed by atoms with Crippen LogP contribution in [0.2, 0.25) is 0 Å². The van der Waals surface area contributed by atoms with Crippen molar-refractivity contribution in [2.75, 3.05) is 24.2 Å². The summed E-state index contributed by atoms with van der Waals surface area (Å²) in [6, 6.07) is 17.2. The van der Waals surface area contributed by atoms with Gasteiger partial charge >= 0.3 is 0 Å². The summed E-state index contributed by atoms with van der Waals surface area (Å²) in [7, 11) is 0. The van der Waals surface area contributed by atoms with Crippen LogP contribution in [0, 0.1) is 10.9 Å². The standard InChI is InChI=1S/C22H24N4O2S3/c1-3-13-25(14-19(27)23-18-12-8-7-9-16(18)2)20(28)15-30-21-24-26(22(29)31-21)17-10-5-4-6-11-17/h4-12H,3,13-15H2,1-2H3,(H,23,27). The van der Waals surface area contributed by atoms with Crippen molar-refractivity contribution in [3.8, 4) is 5.69 Å². The molecular weight excluding hydrogens is 448 g/mol. The van der Waals surface area contributed by atoms with Crippen LogP contribution in [0.1, 0.15) is 18.9 Å². The van der Waals surface area contributed by atoms with Crippen molar-refractivity contribution in [2.45, 2.75) is 24.6 Å². The zero-order chi connectivity index (χ0) is 22.2. The Morgan fingerprint density at radius 3 is 2.58 bits per heavy atom. The number of hydrogen-bond acceptors (Lipinski definition) is 6. The average molecular weight is 473 g/mol. The Kier molecular flexibility index (Phi) is 8.39. The largest absolute Gasteiger partial charge is 0.333 e. The molecule has 2 aromatic carbocycles. The quantitative estimate of drug-likeness (QED) is 0.353. The predicted molar refractivity (Wildman–Crippen MR) is 130 cm³/mol. The van der Waals surface area contributed by atoms with Crippen molar-refractivity contribution in [2.24, 2.45) is 0 Å². The Balaban J connectivity index is 1.60. The molecule has 0 bridgehead atoms. The highest BCUT2D eigenvalue weighted by Gasteiger charge is 2.18. The number of aromatic nitrogens is 2. The lowest BCUT2D eigenvalue weighted by atomic mass is 10.2. The van der Waals surface area contributed by atoms with Gasteiger partial charge in [-0.05, 0) is 49.3 Å². The number of hydrogen-bond donors (Lipinski definition) is 1. The molecule has 9 heteroatoms. The molecule has 0 aliphatic rings. The fourth-order valence-corrected chi connectivity index (χ4v) is 5.17. The van der Waals surface area contributed by atoms with Crippen molar-refractivity contribution in [3.05, 3.63) is 64.1 Å². The highest BCUT2D eigenvalue weighted by Crippen LogP contribution is 2.24. The summed E-state index contributed by atoms with van der Waals surface area (Å²) in [4.78, 5) is 26.9. The first-order valence-corrected chi connectivity index (χ1v) is 12.1. The summed E-state index contributed by atoms with van der Waals surface area (Å²) in [5, 5.41) is 7.42. The summed E-state index contributed by atoms with van der Waals surface area (Å²) < 4.78 is 3.05. The van der Waals surface area contributed by atoms with Gasteiger partial charge in [0.25, 0.3) is 0 Å². The van der Waals surface area contributed by atoms with E-state index in [2.05, 4.69) is 10.4 Å². The SMILES string of the molecule is CCCN(CC(=O)Nc1ccccc1C)C(=O)CSc1nn(-c2ccccc2)c(=S)s1. The van der Waals surface area contributed by atoms with Gasteiger partial charge in [-0.3, -0.25) is 9.59 Å². The maximum absolute atomic E-state index is 12.8. The summed E-state index contributed by atoms with van der Waals surface area (Å²) >= 11 is 8.13. The van der Waals surface area contributed by atoms with E-state index in [0.29, 0.717) is 10.5 Å². The van der Waals surface area contributed by atoms with Gasteiger partial charge in [0, 0.05) is 12.2 Å². The molecule has 3 aromatic rings. The molecule has 0 aliphatic heterocycles. The minimum atomic E-state index is -0.204. The second-order valence-electron chi connectivity index (χ2n) is 6.85. The molecular formula is C22H24N4O2S3. The van der Waals surface area contributed by atoms with Crippen molar-refractivity contribution >= 4 is 52.8 Å². The molecule has 0 fully saturated rings. The molecule has 0 atom stereocenters. The number of aryl methyl sites for hydroxylation is 1. The van der Waals surface area contributed by atoms with E-state index in [-0.39, 0.29) is 24.1 Å². The average Bonchev–Trinajstić information content (AvgIpc) is 3.14. The zero-order valence-electron chi connectivity index (χ0n) is 17.4. The lowest BCUT2D eigenvalue weighted by Gasteiger charge is -2.21. The van der Waals surface area contributed by atoms with Crippen LogP contribution < -0.4 is 5.32 Å². The number of nitrogens with zero attached hydrogens (tertiary/aromatic N) is 3. The fourth-order valence-electron chi connectivity index (χ4n) is 2.90. The van der Waals surface area contributed by atoms with Gasteiger partial charge in [0.1, 0.15) is 0 Å². The van der Waals surface area contributed by atoms with Crippen LogP contribution in [0.3, 0.4) is 0 Å².